The highest BCUT2D eigenvalue weighted by Gasteiger charge is 2.24. The van der Waals surface area contributed by atoms with Crippen molar-refractivity contribution in [2.24, 2.45) is 11.8 Å². The van der Waals surface area contributed by atoms with Gasteiger partial charge in [0.2, 0.25) is 16.0 Å². The number of rotatable bonds is 9. The van der Waals surface area contributed by atoms with Crippen LogP contribution >= 0.6 is 11.6 Å². The number of para-hydroxylation sites is 1. The molecule has 210 valence electrons. The van der Waals surface area contributed by atoms with E-state index in [-0.39, 0.29) is 10.8 Å². The number of nitrogens with one attached hydrogen (secondary N) is 4. The predicted molar refractivity (Wildman–Crippen MR) is 153 cm³/mol. The lowest BCUT2D eigenvalue weighted by atomic mass is 9.82. The third-order valence-electron chi connectivity index (χ3n) is 6.47. The molecule has 1 aliphatic rings. The number of fused-ring (bicyclic) bond motifs is 1. The lowest BCUT2D eigenvalue weighted by Gasteiger charge is -2.28. The van der Waals surface area contributed by atoms with E-state index >= 15 is 0 Å². The average molecular weight is 575 g/mol. The number of hydrogen-bond acceptors (Lipinski definition) is 8. The molecule has 12 heteroatoms. The third kappa shape index (κ3) is 8.42. The van der Waals surface area contributed by atoms with E-state index in [9.17, 15) is 13.2 Å². The average Bonchev–Trinajstić information content (AvgIpc) is 2.89. The van der Waals surface area contributed by atoms with E-state index in [4.69, 9.17) is 16.3 Å². The molecule has 0 radical (unpaired) electrons. The van der Waals surface area contributed by atoms with Crippen molar-refractivity contribution in [2.45, 2.75) is 57.0 Å². The van der Waals surface area contributed by atoms with Gasteiger partial charge in [0.05, 0.1) is 10.4 Å². The molecule has 4 N–H and O–H groups in total. The van der Waals surface area contributed by atoms with Crippen molar-refractivity contribution in [3.05, 3.63) is 53.6 Å². The van der Waals surface area contributed by atoms with E-state index in [2.05, 4.69) is 30.9 Å². The Bertz CT molecular complexity index is 1400. The fourth-order valence-corrected chi connectivity index (χ4v) is 5.90. The number of amides is 1. The Hall–Kier alpha value is -3.15. The second-order valence-corrected chi connectivity index (χ2v) is 12.9. The van der Waals surface area contributed by atoms with Crippen LogP contribution in [0.2, 0.25) is 5.02 Å². The molecule has 1 fully saturated rings. The van der Waals surface area contributed by atoms with Crippen LogP contribution in [-0.4, -0.2) is 43.2 Å². The van der Waals surface area contributed by atoms with Gasteiger partial charge in [0.1, 0.15) is 5.60 Å². The molecule has 1 heterocycles. The van der Waals surface area contributed by atoms with Gasteiger partial charge in [-0.25, -0.2) is 28.3 Å². The molecule has 1 amide bonds. The number of ether oxygens (including phenoxy) is 1. The van der Waals surface area contributed by atoms with Gasteiger partial charge >= 0.3 is 6.09 Å². The highest BCUT2D eigenvalue weighted by atomic mass is 35.5. The number of halogens is 1. The molecule has 1 aromatic heterocycles. The quantitative estimate of drug-likeness (QED) is 0.252. The molecular formula is C27H35ClN6O4S. The highest BCUT2D eigenvalue weighted by molar-refractivity contribution is 7.89. The minimum absolute atomic E-state index is 0.179. The van der Waals surface area contributed by atoms with Crippen LogP contribution in [0.25, 0.3) is 10.9 Å². The number of carbonyl (C=O) groups excluding carboxylic acids is 1. The molecule has 4 rings (SSSR count). The summed E-state index contributed by atoms with van der Waals surface area (Å²) in [7, 11) is -3.59. The van der Waals surface area contributed by atoms with E-state index in [0.717, 1.165) is 36.6 Å². The summed E-state index contributed by atoms with van der Waals surface area (Å²) in [6.07, 6.45) is 3.18. The lowest BCUT2D eigenvalue weighted by molar-refractivity contribution is 0.0541. The van der Waals surface area contributed by atoms with Crippen molar-refractivity contribution < 1.29 is 17.9 Å². The maximum Gasteiger partial charge on any atom is 0.426 e. The smallest absolute Gasteiger partial charge is 0.426 e. The van der Waals surface area contributed by atoms with E-state index in [1.54, 1.807) is 39.0 Å². The third-order valence-corrected chi connectivity index (χ3v) is 8.13. The van der Waals surface area contributed by atoms with Gasteiger partial charge in [-0.05, 0) is 88.6 Å². The summed E-state index contributed by atoms with van der Waals surface area (Å²) in [4.78, 5) is 21.5. The number of carbonyl (C=O) groups is 1. The van der Waals surface area contributed by atoms with Gasteiger partial charge in [0.25, 0.3) is 0 Å². The summed E-state index contributed by atoms with van der Waals surface area (Å²) in [6, 6.07) is 13.8. The number of aromatic nitrogens is 2. The van der Waals surface area contributed by atoms with Gasteiger partial charge < -0.3 is 10.1 Å². The number of hydrazine groups is 1. The van der Waals surface area contributed by atoms with Gasteiger partial charge in [0.15, 0.2) is 5.82 Å². The predicted octanol–water partition coefficient (Wildman–Crippen LogP) is 5.33. The summed E-state index contributed by atoms with van der Waals surface area (Å²) in [5.41, 5.74) is 5.51. The molecule has 10 nitrogen and oxygen atoms in total. The number of sulfonamides is 1. The van der Waals surface area contributed by atoms with Gasteiger partial charge in [-0.1, -0.05) is 29.8 Å². The van der Waals surface area contributed by atoms with Crippen LogP contribution < -0.4 is 20.9 Å². The Labute approximate surface area is 234 Å². The highest BCUT2D eigenvalue weighted by Crippen LogP contribution is 2.29. The summed E-state index contributed by atoms with van der Waals surface area (Å²) < 4.78 is 33.2. The molecule has 0 unspecified atom stereocenters. The number of benzene rings is 2. The van der Waals surface area contributed by atoms with Crippen molar-refractivity contribution in [3.63, 3.8) is 0 Å². The van der Waals surface area contributed by atoms with E-state index < -0.39 is 21.7 Å². The molecule has 3 aromatic rings. The fraction of sp³-hybridized carbons (Fsp3) is 0.444. The summed E-state index contributed by atoms with van der Waals surface area (Å²) in [5.74, 6) is 1.61. The Morgan fingerprint density at radius 3 is 2.38 bits per heavy atom. The Kier molecular flexibility index (Phi) is 9.14. The van der Waals surface area contributed by atoms with Crippen LogP contribution in [-0.2, 0) is 14.8 Å². The van der Waals surface area contributed by atoms with Crippen molar-refractivity contribution >= 4 is 50.4 Å². The molecule has 39 heavy (non-hydrogen) atoms. The van der Waals surface area contributed by atoms with Gasteiger partial charge in [0, 0.05) is 23.5 Å². The van der Waals surface area contributed by atoms with Crippen molar-refractivity contribution in [2.75, 3.05) is 23.8 Å². The minimum atomic E-state index is -3.59. The molecule has 0 atom stereocenters. The molecule has 1 aliphatic carbocycles. The standard InChI is InChI=1S/C27H35ClN6O4S/c1-27(2,3)38-26(35)34-33-24-22-9-4-5-10-23(22)31-25(32-24)29-16-18-11-13-19(14-12-18)17-30-39(36,37)21-8-6-7-20(28)15-21/h4-10,15,18-19,30H,11-14,16-17H2,1-3H3,(H,34,35)(H2,29,31,32,33)/t18-,19-. The summed E-state index contributed by atoms with van der Waals surface area (Å²) in [6.45, 7) is 6.48. The van der Waals surface area contributed by atoms with Gasteiger partial charge in [-0.15, -0.1) is 0 Å². The van der Waals surface area contributed by atoms with E-state index in [1.165, 1.54) is 6.07 Å². The van der Waals surface area contributed by atoms with Crippen LogP contribution in [0.3, 0.4) is 0 Å². The van der Waals surface area contributed by atoms with Crippen LogP contribution in [0.4, 0.5) is 16.6 Å². The SMILES string of the molecule is CC(C)(C)OC(=O)NNc1nc(NC[C@H]2CC[C@H](CNS(=O)(=O)c3cccc(Cl)c3)CC2)nc2ccccc12. The van der Waals surface area contributed by atoms with Crippen LogP contribution in [0.15, 0.2) is 53.4 Å². The number of nitrogens with zero attached hydrogens (tertiary/aromatic N) is 2. The maximum atomic E-state index is 12.6. The molecular weight excluding hydrogens is 540 g/mol. The zero-order chi connectivity index (χ0) is 28.0. The molecule has 2 aromatic carbocycles. The first-order valence-electron chi connectivity index (χ1n) is 13.0. The Morgan fingerprint density at radius 1 is 1.00 bits per heavy atom. The van der Waals surface area contributed by atoms with Crippen LogP contribution in [0.5, 0.6) is 0 Å². The largest absolute Gasteiger partial charge is 0.443 e. The second-order valence-electron chi connectivity index (χ2n) is 10.7. The first kappa shape index (κ1) is 28.8. The molecule has 0 spiro atoms. The monoisotopic (exact) mass is 574 g/mol. The second kappa shape index (κ2) is 12.4. The minimum Gasteiger partial charge on any atom is -0.443 e. The maximum absolute atomic E-state index is 12.6. The lowest BCUT2D eigenvalue weighted by Crippen LogP contribution is -2.36. The Morgan fingerprint density at radius 2 is 1.69 bits per heavy atom. The zero-order valence-corrected chi connectivity index (χ0v) is 23.9. The molecule has 0 bridgehead atoms. The van der Waals surface area contributed by atoms with Gasteiger partial charge in [-0.3, -0.25) is 5.43 Å². The first-order chi connectivity index (χ1) is 18.5. The van der Waals surface area contributed by atoms with Gasteiger partial charge in [-0.2, -0.15) is 4.98 Å². The normalized spacial score (nSPS) is 17.9. The van der Waals surface area contributed by atoms with Crippen molar-refractivity contribution in [1.82, 2.24) is 20.1 Å². The zero-order valence-electron chi connectivity index (χ0n) is 22.3. The summed E-state index contributed by atoms with van der Waals surface area (Å²) >= 11 is 5.94. The van der Waals surface area contributed by atoms with Crippen LogP contribution in [0.1, 0.15) is 46.5 Å². The van der Waals surface area contributed by atoms with E-state index in [1.807, 2.05) is 24.3 Å². The molecule has 0 aliphatic heterocycles. The van der Waals surface area contributed by atoms with Crippen molar-refractivity contribution in [3.8, 4) is 0 Å². The van der Waals surface area contributed by atoms with E-state index in [0.29, 0.717) is 35.8 Å². The van der Waals surface area contributed by atoms with Crippen molar-refractivity contribution in [1.29, 1.82) is 0 Å². The fourth-order valence-electron chi connectivity index (χ4n) is 4.49. The topological polar surface area (TPSA) is 134 Å². The molecule has 1 saturated carbocycles. The Balaban J connectivity index is 1.29. The molecule has 0 saturated heterocycles. The van der Waals surface area contributed by atoms with Crippen LogP contribution in [0, 0.1) is 11.8 Å². The number of hydrogen-bond donors (Lipinski definition) is 4. The first-order valence-corrected chi connectivity index (χ1v) is 14.9. The number of anilines is 2. The summed E-state index contributed by atoms with van der Waals surface area (Å²) in [5, 5.41) is 4.50.